The number of likely N-dealkylation sites (tertiary alicyclic amines) is 2. The minimum absolute atomic E-state index is 0.135. The minimum Gasteiger partial charge on any atom is -0.393 e. The summed E-state index contributed by atoms with van der Waals surface area (Å²) in [5.41, 5.74) is 3.63. The molecule has 4 heteroatoms. The van der Waals surface area contributed by atoms with E-state index in [0.29, 0.717) is 5.41 Å². The summed E-state index contributed by atoms with van der Waals surface area (Å²) in [6.45, 7) is 12.0. The van der Waals surface area contributed by atoms with Crippen LogP contribution in [0.3, 0.4) is 0 Å². The first-order valence-corrected chi connectivity index (χ1v) is 10.4. The number of rotatable bonds is 4. The molecule has 4 nitrogen and oxygen atoms in total. The normalized spacial score (nSPS) is 33.0. The van der Waals surface area contributed by atoms with Gasteiger partial charge < -0.3 is 15.1 Å². The minimum atomic E-state index is -0.251. The van der Waals surface area contributed by atoms with Gasteiger partial charge in [0.05, 0.1) is 12.2 Å². The van der Waals surface area contributed by atoms with Crippen LogP contribution in [-0.2, 0) is 0 Å². The molecule has 3 aliphatic rings. The molecule has 2 atom stereocenters. The highest BCUT2D eigenvalue weighted by molar-refractivity contribution is 5.22. The molecule has 0 saturated carbocycles. The number of hydrogen-bond donors (Lipinski definition) is 2. The molecule has 0 bridgehead atoms. The Balaban J connectivity index is 1.50. The smallest absolute Gasteiger partial charge is 0.0822 e. The highest BCUT2D eigenvalue weighted by Gasteiger charge is 2.34. The quantitative estimate of drug-likeness (QED) is 0.766. The predicted molar refractivity (Wildman–Crippen MR) is 103 cm³/mol. The molecule has 1 aliphatic carbocycles. The van der Waals surface area contributed by atoms with E-state index in [2.05, 4.69) is 30.6 Å². The SMILES string of the molecule is CC1=C(CCN2CC[C@@H](N3CCC(O)CC3)[C@H](O)C2)C(C)(C)CCC1. The van der Waals surface area contributed by atoms with E-state index in [-0.39, 0.29) is 18.2 Å². The van der Waals surface area contributed by atoms with E-state index in [0.717, 1.165) is 58.4 Å². The standard InChI is InChI=1S/C21H38N2O2/c1-16-5-4-10-21(2,3)18(16)8-11-22-12-9-19(20(25)15-22)23-13-6-17(24)7-14-23/h17,19-20,24-25H,4-15H2,1-3H3/t19-,20-/m1/s1. The first kappa shape index (κ1) is 19.3. The predicted octanol–water partition coefficient (Wildman–Crippen LogP) is 2.80. The Hall–Kier alpha value is -0.420. The van der Waals surface area contributed by atoms with Crippen LogP contribution < -0.4 is 0 Å². The van der Waals surface area contributed by atoms with Gasteiger partial charge in [0.15, 0.2) is 0 Å². The van der Waals surface area contributed by atoms with Gasteiger partial charge in [-0.1, -0.05) is 25.0 Å². The molecule has 0 aromatic rings. The average molecular weight is 351 g/mol. The molecule has 0 amide bonds. The first-order chi connectivity index (χ1) is 11.9. The highest BCUT2D eigenvalue weighted by Crippen LogP contribution is 2.41. The molecule has 0 spiro atoms. The first-order valence-electron chi connectivity index (χ1n) is 10.4. The van der Waals surface area contributed by atoms with Gasteiger partial charge in [0.25, 0.3) is 0 Å². The van der Waals surface area contributed by atoms with Crippen molar-refractivity contribution < 1.29 is 10.2 Å². The van der Waals surface area contributed by atoms with Gasteiger partial charge in [0.2, 0.25) is 0 Å². The second kappa shape index (κ2) is 8.08. The zero-order chi connectivity index (χ0) is 18.0. The van der Waals surface area contributed by atoms with E-state index in [4.69, 9.17) is 0 Å². The van der Waals surface area contributed by atoms with Crippen molar-refractivity contribution in [2.24, 2.45) is 5.41 Å². The fourth-order valence-corrected chi connectivity index (χ4v) is 5.33. The van der Waals surface area contributed by atoms with Gasteiger partial charge >= 0.3 is 0 Å². The summed E-state index contributed by atoms with van der Waals surface area (Å²) in [7, 11) is 0. The summed E-state index contributed by atoms with van der Waals surface area (Å²) in [4.78, 5) is 4.87. The summed E-state index contributed by atoms with van der Waals surface area (Å²) in [6, 6.07) is 0.288. The number of nitrogens with zero attached hydrogens (tertiary/aromatic N) is 2. The van der Waals surface area contributed by atoms with E-state index in [1.165, 1.54) is 19.3 Å². The fourth-order valence-electron chi connectivity index (χ4n) is 5.33. The van der Waals surface area contributed by atoms with Crippen molar-refractivity contribution >= 4 is 0 Å². The number of piperidine rings is 2. The van der Waals surface area contributed by atoms with Gasteiger partial charge in [-0.2, -0.15) is 0 Å². The van der Waals surface area contributed by atoms with Gasteiger partial charge in [0.1, 0.15) is 0 Å². The van der Waals surface area contributed by atoms with Crippen LogP contribution >= 0.6 is 0 Å². The van der Waals surface area contributed by atoms with Crippen molar-refractivity contribution in [3.8, 4) is 0 Å². The Morgan fingerprint density at radius 2 is 1.80 bits per heavy atom. The molecule has 144 valence electrons. The van der Waals surface area contributed by atoms with Crippen molar-refractivity contribution in [2.75, 3.05) is 32.7 Å². The van der Waals surface area contributed by atoms with Crippen LogP contribution in [0, 0.1) is 5.41 Å². The second-order valence-corrected chi connectivity index (χ2v) is 9.24. The van der Waals surface area contributed by atoms with Crippen LogP contribution in [-0.4, -0.2) is 71.0 Å². The summed E-state index contributed by atoms with van der Waals surface area (Å²) >= 11 is 0. The lowest BCUT2D eigenvalue weighted by molar-refractivity contribution is -0.0337. The van der Waals surface area contributed by atoms with Crippen LogP contribution in [0.2, 0.25) is 0 Å². The Morgan fingerprint density at radius 3 is 2.44 bits per heavy atom. The molecule has 0 aromatic carbocycles. The Kier molecular flexibility index (Phi) is 6.25. The maximum atomic E-state index is 10.7. The molecule has 0 aromatic heterocycles. The van der Waals surface area contributed by atoms with E-state index in [9.17, 15) is 10.2 Å². The van der Waals surface area contributed by atoms with Gasteiger partial charge in [0, 0.05) is 32.2 Å². The molecule has 2 N–H and O–H groups in total. The van der Waals surface area contributed by atoms with Crippen LogP contribution in [0.1, 0.15) is 65.7 Å². The zero-order valence-corrected chi connectivity index (χ0v) is 16.5. The lowest BCUT2D eigenvalue weighted by atomic mass is 9.71. The number of allylic oxidation sites excluding steroid dienone is 1. The molecule has 2 fully saturated rings. The van der Waals surface area contributed by atoms with Crippen LogP contribution in [0.4, 0.5) is 0 Å². The number of aliphatic hydroxyl groups excluding tert-OH is 2. The molecular formula is C21H38N2O2. The molecule has 3 rings (SSSR count). The zero-order valence-electron chi connectivity index (χ0n) is 16.5. The number of aliphatic hydroxyl groups is 2. The summed E-state index contributed by atoms with van der Waals surface area (Å²) in [5.74, 6) is 0. The van der Waals surface area contributed by atoms with E-state index in [1.807, 2.05) is 0 Å². The maximum Gasteiger partial charge on any atom is 0.0822 e. The van der Waals surface area contributed by atoms with Crippen molar-refractivity contribution in [3.05, 3.63) is 11.1 Å². The van der Waals surface area contributed by atoms with Crippen molar-refractivity contribution in [3.63, 3.8) is 0 Å². The lowest BCUT2D eigenvalue weighted by Crippen LogP contribution is -2.56. The second-order valence-electron chi connectivity index (χ2n) is 9.24. The topological polar surface area (TPSA) is 46.9 Å². The Labute approximate surface area is 153 Å². The third kappa shape index (κ3) is 4.65. The highest BCUT2D eigenvalue weighted by atomic mass is 16.3. The van der Waals surface area contributed by atoms with Gasteiger partial charge in [-0.05, 0) is 63.8 Å². The largest absolute Gasteiger partial charge is 0.393 e. The van der Waals surface area contributed by atoms with Gasteiger partial charge in [-0.15, -0.1) is 0 Å². The maximum absolute atomic E-state index is 10.7. The molecule has 2 aliphatic heterocycles. The van der Waals surface area contributed by atoms with Crippen molar-refractivity contribution in [1.29, 1.82) is 0 Å². The molecule has 25 heavy (non-hydrogen) atoms. The number of β-amino-alcohol motifs (C(OH)–C–C–N with tert-alkyl or cyclic N) is 1. The van der Waals surface area contributed by atoms with Crippen molar-refractivity contribution in [1.82, 2.24) is 9.80 Å². The Bertz CT molecular complexity index is 480. The van der Waals surface area contributed by atoms with E-state index in [1.54, 1.807) is 11.1 Å². The third-order valence-electron chi connectivity index (χ3n) is 6.96. The average Bonchev–Trinajstić information content (AvgIpc) is 2.55. The summed E-state index contributed by atoms with van der Waals surface area (Å²) in [6.07, 6.45) is 7.45. The lowest BCUT2D eigenvalue weighted by Gasteiger charge is -2.44. The van der Waals surface area contributed by atoms with E-state index < -0.39 is 0 Å². The van der Waals surface area contributed by atoms with Crippen LogP contribution in [0.5, 0.6) is 0 Å². The Morgan fingerprint density at radius 1 is 1.08 bits per heavy atom. The third-order valence-corrected chi connectivity index (χ3v) is 6.96. The monoisotopic (exact) mass is 350 g/mol. The van der Waals surface area contributed by atoms with Gasteiger partial charge in [-0.3, -0.25) is 4.90 Å². The van der Waals surface area contributed by atoms with Gasteiger partial charge in [-0.25, -0.2) is 0 Å². The molecule has 0 radical (unpaired) electrons. The molecular weight excluding hydrogens is 312 g/mol. The van der Waals surface area contributed by atoms with Crippen LogP contribution in [0.15, 0.2) is 11.1 Å². The summed E-state index contributed by atoms with van der Waals surface area (Å²) in [5, 5.41) is 20.4. The number of hydrogen-bond acceptors (Lipinski definition) is 4. The molecule has 0 unspecified atom stereocenters. The molecule has 2 heterocycles. The molecule has 2 saturated heterocycles. The van der Waals surface area contributed by atoms with Crippen molar-refractivity contribution in [2.45, 2.75) is 84.0 Å². The summed E-state index contributed by atoms with van der Waals surface area (Å²) < 4.78 is 0. The van der Waals surface area contributed by atoms with E-state index >= 15 is 0 Å². The fraction of sp³-hybridized carbons (Fsp3) is 0.905. The van der Waals surface area contributed by atoms with Crippen LogP contribution in [0.25, 0.3) is 0 Å².